The molecule has 2 fully saturated rings. The summed E-state index contributed by atoms with van der Waals surface area (Å²) in [6.45, 7) is 1.94. The van der Waals surface area contributed by atoms with E-state index in [1.807, 2.05) is 31.2 Å². The predicted octanol–water partition coefficient (Wildman–Crippen LogP) is 3.29. The number of benzene rings is 2. The largest absolute Gasteiger partial charge is 0.223 e. The Morgan fingerprint density at radius 1 is 0.893 bits per heavy atom. The average molecular weight is 420 g/mol. The van der Waals surface area contributed by atoms with Gasteiger partial charge in [0.1, 0.15) is 0 Å². The van der Waals surface area contributed by atoms with Crippen molar-refractivity contribution in [3.63, 3.8) is 0 Å². The first-order valence-electron chi connectivity index (χ1n) is 9.63. The summed E-state index contributed by atoms with van der Waals surface area (Å²) in [7, 11) is -6.93. The molecule has 5 nitrogen and oxygen atoms in total. The Labute approximate surface area is 167 Å². The van der Waals surface area contributed by atoms with E-state index in [0.29, 0.717) is 17.7 Å². The van der Waals surface area contributed by atoms with Crippen LogP contribution in [0.4, 0.5) is 0 Å². The van der Waals surface area contributed by atoms with Gasteiger partial charge in [0.05, 0.1) is 15.9 Å². The fraction of sp³-hybridized carbons (Fsp3) is 0.429. The van der Waals surface area contributed by atoms with Gasteiger partial charge in [-0.1, -0.05) is 48.0 Å². The molecule has 0 saturated carbocycles. The van der Waals surface area contributed by atoms with Crippen LogP contribution >= 0.6 is 0 Å². The molecule has 7 heteroatoms. The van der Waals surface area contributed by atoms with Gasteiger partial charge in [0.25, 0.3) is 0 Å². The molecule has 0 spiro atoms. The van der Waals surface area contributed by atoms with Gasteiger partial charge in [-0.2, -0.15) is 4.31 Å². The van der Waals surface area contributed by atoms with Crippen LogP contribution in [0.5, 0.6) is 0 Å². The minimum Gasteiger partial charge on any atom is -0.223 e. The lowest BCUT2D eigenvalue weighted by molar-refractivity contribution is 0.248. The topological polar surface area (TPSA) is 71.5 Å². The van der Waals surface area contributed by atoms with E-state index in [0.717, 1.165) is 24.0 Å². The second-order valence-corrected chi connectivity index (χ2v) is 12.0. The number of rotatable bonds is 5. The minimum atomic E-state index is -3.48. The molecule has 0 aliphatic carbocycles. The molecule has 0 amide bonds. The van der Waals surface area contributed by atoms with E-state index < -0.39 is 25.1 Å². The van der Waals surface area contributed by atoms with E-state index in [1.165, 1.54) is 0 Å². The first-order chi connectivity index (χ1) is 13.3. The van der Waals surface area contributed by atoms with Crippen LogP contribution in [-0.2, 0) is 25.6 Å². The van der Waals surface area contributed by atoms with Gasteiger partial charge in [-0.3, -0.25) is 0 Å². The van der Waals surface area contributed by atoms with E-state index in [-0.39, 0.29) is 17.8 Å². The van der Waals surface area contributed by atoms with Crippen molar-refractivity contribution in [3.05, 3.63) is 65.7 Å². The van der Waals surface area contributed by atoms with Gasteiger partial charge in [0.15, 0.2) is 9.84 Å². The highest BCUT2D eigenvalue weighted by molar-refractivity contribution is 7.92. The summed E-state index contributed by atoms with van der Waals surface area (Å²) in [4.78, 5) is 0.329. The standard InChI is InChI=1S/C21H25NO4S2/c1-16-6-5-7-17(12-16)15-27(23,24)22-18-10-11-19(22)14-21(13-18)28(25,26)20-8-3-2-4-9-20/h2-9,12,18-19,21H,10-11,13-15H2,1H3. The van der Waals surface area contributed by atoms with Gasteiger partial charge in [-0.25, -0.2) is 16.8 Å². The molecule has 2 atom stereocenters. The fourth-order valence-corrected chi connectivity index (χ4v) is 8.60. The third-order valence-electron chi connectivity index (χ3n) is 5.89. The summed E-state index contributed by atoms with van der Waals surface area (Å²) in [6.07, 6.45) is 2.22. The van der Waals surface area contributed by atoms with Crippen LogP contribution in [0.1, 0.15) is 36.8 Å². The van der Waals surface area contributed by atoms with Crippen molar-refractivity contribution in [2.45, 2.75) is 60.6 Å². The van der Waals surface area contributed by atoms with Crippen LogP contribution in [0.15, 0.2) is 59.5 Å². The van der Waals surface area contributed by atoms with Crippen LogP contribution < -0.4 is 0 Å². The molecular weight excluding hydrogens is 394 g/mol. The number of fused-ring (bicyclic) bond motifs is 2. The lowest BCUT2D eigenvalue weighted by Crippen LogP contribution is -2.49. The van der Waals surface area contributed by atoms with E-state index in [2.05, 4.69) is 0 Å². The SMILES string of the molecule is Cc1cccc(CS(=O)(=O)N2C3CCC2CC(S(=O)(=O)c2ccccc2)C3)c1. The molecule has 2 unspecified atom stereocenters. The molecule has 0 radical (unpaired) electrons. The van der Waals surface area contributed by atoms with Gasteiger partial charge < -0.3 is 0 Å². The Morgan fingerprint density at radius 2 is 1.54 bits per heavy atom. The Balaban J connectivity index is 1.56. The van der Waals surface area contributed by atoms with Gasteiger partial charge in [-0.05, 0) is 50.3 Å². The van der Waals surface area contributed by atoms with Gasteiger partial charge in [0.2, 0.25) is 10.0 Å². The molecule has 2 bridgehead atoms. The zero-order valence-corrected chi connectivity index (χ0v) is 17.5. The van der Waals surface area contributed by atoms with Crippen molar-refractivity contribution in [3.8, 4) is 0 Å². The van der Waals surface area contributed by atoms with Crippen LogP contribution in [-0.4, -0.2) is 38.5 Å². The summed E-state index contributed by atoms with van der Waals surface area (Å²) >= 11 is 0. The first kappa shape index (κ1) is 19.6. The summed E-state index contributed by atoms with van der Waals surface area (Å²) in [5.74, 6) is -0.0300. The minimum absolute atomic E-state index is 0.0300. The molecule has 0 aromatic heterocycles. The molecule has 2 aromatic rings. The average Bonchev–Trinajstić information content (AvgIpc) is 2.93. The highest BCUT2D eigenvalue weighted by atomic mass is 32.2. The lowest BCUT2D eigenvalue weighted by Gasteiger charge is -2.37. The third-order valence-corrected chi connectivity index (χ3v) is 10.0. The van der Waals surface area contributed by atoms with Crippen molar-refractivity contribution in [1.82, 2.24) is 4.31 Å². The van der Waals surface area contributed by atoms with Crippen molar-refractivity contribution in [1.29, 1.82) is 0 Å². The number of aryl methyl sites for hydroxylation is 1. The van der Waals surface area contributed by atoms with Gasteiger partial charge in [0, 0.05) is 12.1 Å². The van der Waals surface area contributed by atoms with Crippen LogP contribution in [0.25, 0.3) is 0 Å². The van der Waals surface area contributed by atoms with Crippen molar-refractivity contribution in [2.24, 2.45) is 0 Å². The first-order valence-corrected chi connectivity index (χ1v) is 12.8. The highest BCUT2D eigenvalue weighted by Crippen LogP contribution is 2.42. The molecule has 0 N–H and O–H groups in total. The quantitative estimate of drug-likeness (QED) is 0.746. The Hall–Kier alpha value is -1.70. The number of hydrogen-bond donors (Lipinski definition) is 0. The maximum Gasteiger partial charge on any atom is 0.218 e. The van der Waals surface area contributed by atoms with Crippen molar-refractivity contribution < 1.29 is 16.8 Å². The zero-order chi connectivity index (χ0) is 19.9. The van der Waals surface area contributed by atoms with E-state index >= 15 is 0 Å². The molecule has 2 saturated heterocycles. The zero-order valence-electron chi connectivity index (χ0n) is 15.9. The number of sulfonamides is 1. The van der Waals surface area contributed by atoms with Gasteiger partial charge >= 0.3 is 0 Å². The normalized spacial score (nSPS) is 25.7. The number of nitrogens with zero attached hydrogens (tertiary/aromatic N) is 1. The Kier molecular flexibility index (Phi) is 5.10. The molecule has 28 heavy (non-hydrogen) atoms. The smallest absolute Gasteiger partial charge is 0.218 e. The second kappa shape index (κ2) is 7.28. The van der Waals surface area contributed by atoms with Crippen LogP contribution in [0.2, 0.25) is 0 Å². The molecule has 150 valence electrons. The van der Waals surface area contributed by atoms with E-state index in [4.69, 9.17) is 0 Å². The molecule has 4 rings (SSSR count). The van der Waals surface area contributed by atoms with E-state index in [1.54, 1.807) is 34.6 Å². The monoisotopic (exact) mass is 419 g/mol. The fourth-order valence-electron chi connectivity index (χ4n) is 4.68. The van der Waals surface area contributed by atoms with Gasteiger partial charge in [-0.15, -0.1) is 0 Å². The number of sulfone groups is 1. The molecule has 2 aliphatic rings. The maximum absolute atomic E-state index is 13.1. The molecule has 2 heterocycles. The molecule has 2 aromatic carbocycles. The van der Waals surface area contributed by atoms with Crippen LogP contribution in [0, 0.1) is 6.92 Å². The lowest BCUT2D eigenvalue weighted by atomic mass is 10.1. The van der Waals surface area contributed by atoms with Crippen molar-refractivity contribution >= 4 is 19.9 Å². The van der Waals surface area contributed by atoms with E-state index in [9.17, 15) is 16.8 Å². The molecule has 2 aliphatic heterocycles. The Bertz CT molecular complexity index is 1050. The second-order valence-electron chi connectivity index (χ2n) is 7.91. The molecular formula is C21H25NO4S2. The Morgan fingerprint density at radius 3 is 2.14 bits per heavy atom. The number of hydrogen-bond acceptors (Lipinski definition) is 4. The highest BCUT2D eigenvalue weighted by Gasteiger charge is 2.49. The summed E-state index contributed by atoms with van der Waals surface area (Å²) < 4.78 is 53.9. The van der Waals surface area contributed by atoms with Crippen LogP contribution in [0.3, 0.4) is 0 Å². The maximum atomic E-state index is 13.1. The van der Waals surface area contributed by atoms with Crippen molar-refractivity contribution in [2.75, 3.05) is 0 Å². The summed E-state index contributed by atoms with van der Waals surface area (Å²) in [5, 5.41) is -0.516. The third kappa shape index (κ3) is 3.63. The summed E-state index contributed by atoms with van der Waals surface area (Å²) in [5.41, 5.74) is 1.81. The predicted molar refractivity (Wildman–Crippen MR) is 109 cm³/mol. The number of piperidine rings is 1. The summed E-state index contributed by atoms with van der Waals surface area (Å²) in [6, 6.07) is 15.6.